The summed E-state index contributed by atoms with van der Waals surface area (Å²) in [7, 11) is 1.70. The van der Waals surface area contributed by atoms with Crippen molar-refractivity contribution in [3.8, 4) is 0 Å². The van der Waals surface area contributed by atoms with Crippen molar-refractivity contribution >= 4 is 29.1 Å². The fourth-order valence-corrected chi connectivity index (χ4v) is 5.76. The van der Waals surface area contributed by atoms with E-state index in [2.05, 4.69) is 35.1 Å². The van der Waals surface area contributed by atoms with Crippen molar-refractivity contribution in [3.05, 3.63) is 47.7 Å². The number of methoxy groups -OCH3 is 1. The normalized spacial score (nSPS) is 20.8. The lowest BCUT2D eigenvalue weighted by Gasteiger charge is -2.28. The summed E-state index contributed by atoms with van der Waals surface area (Å²) in [5.74, 6) is 0.553. The fourth-order valence-electron chi connectivity index (χ4n) is 5.76. The van der Waals surface area contributed by atoms with E-state index >= 15 is 0 Å². The molecule has 5 rings (SSSR count). The van der Waals surface area contributed by atoms with Gasteiger partial charge in [-0.1, -0.05) is 19.9 Å². The summed E-state index contributed by atoms with van der Waals surface area (Å²) in [6, 6.07) is 9.83. The molecule has 38 heavy (non-hydrogen) atoms. The summed E-state index contributed by atoms with van der Waals surface area (Å²) in [5, 5.41) is 3.49. The Hall–Kier alpha value is -3.17. The Morgan fingerprint density at radius 3 is 2.61 bits per heavy atom. The lowest BCUT2D eigenvalue weighted by atomic mass is 9.87. The molecule has 1 N–H and O–H groups in total. The van der Waals surface area contributed by atoms with Crippen LogP contribution in [-0.4, -0.2) is 73.4 Å². The van der Waals surface area contributed by atoms with Crippen LogP contribution in [0.1, 0.15) is 51.7 Å². The van der Waals surface area contributed by atoms with E-state index in [1.54, 1.807) is 18.2 Å². The number of aromatic nitrogens is 1. The molecule has 0 bridgehead atoms. The summed E-state index contributed by atoms with van der Waals surface area (Å²) < 4.78 is 10.8. The first-order valence-electron chi connectivity index (χ1n) is 13.5. The van der Waals surface area contributed by atoms with Gasteiger partial charge < -0.3 is 24.6 Å². The highest BCUT2D eigenvalue weighted by Crippen LogP contribution is 2.43. The SMILES string of the molecule is COCCN1CC(C)(C)c2ccc(N3C(=O)N(Cc4ccnc(NC5CCOCC5)c4)C(C)(C)C3=O)cc21. The molecule has 2 aromatic rings. The van der Waals surface area contributed by atoms with Crippen LogP contribution in [0.25, 0.3) is 0 Å². The third-order valence-electron chi connectivity index (χ3n) is 8.02. The number of carbonyl (C=O) groups excluding carboxylic acids is 2. The van der Waals surface area contributed by atoms with Crippen LogP contribution in [0.4, 0.5) is 22.0 Å². The minimum absolute atomic E-state index is 0.0241. The number of rotatable bonds is 8. The molecule has 1 aromatic heterocycles. The molecular formula is C29H39N5O4. The highest BCUT2D eigenvalue weighted by Gasteiger charge is 2.52. The van der Waals surface area contributed by atoms with Crippen LogP contribution in [-0.2, 0) is 26.2 Å². The number of hydrogen-bond donors (Lipinski definition) is 1. The number of ether oxygens (including phenoxy) is 2. The van der Waals surface area contributed by atoms with Gasteiger partial charge in [-0.25, -0.2) is 14.7 Å². The zero-order valence-electron chi connectivity index (χ0n) is 23.1. The fraction of sp³-hybridized carbons (Fsp3) is 0.552. The topological polar surface area (TPSA) is 87.2 Å². The zero-order chi connectivity index (χ0) is 27.1. The molecule has 3 amide bonds. The van der Waals surface area contributed by atoms with Crippen molar-refractivity contribution in [2.75, 3.05) is 55.1 Å². The number of anilines is 3. The van der Waals surface area contributed by atoms with Gasteiger partial charge in [0.05, 0.1) is 12.3 Å². The largest absolute Gasteiger partial charge is 0.383 e. The van der Waals surface area contributed by atoms with E-state index in [-0.39, 0.29) is 17.4 Å². The molecule has 0 atom stereocenters. The molecule has 0 radical (unpaired) electrons. The van der Waals surface area contributed by atoms with E-state index in [0.29, 0.717) is 24.9 Å². The van der Waals surface area contributed by atoms with Crippen LogP contribution in [0.3, 0.4) is 0 Å². The number of fused-ring (bicyclic) bond motifs is 1. The van der Waals surface area contributed by atoms with E-state index in [1.165, 1.54) is 10.5 Å². The standard InChI is InChI=1S/C29H39N5O4/c1-28(2)19-32(12-15-37-5)24-17-22(6-7-23(24)28)34-26(35)29(3,4)33(27(34)36)18-20-8-11-30-25(16-20)31-21-9-13-38-14-10-21/h6-8,11,16-17,21H,9-10,12-15,18-19H2,1-5H3,(H,30,31). The average Bonchev–Trinajstić information content (AvgIpc) is 3.24. The highest BCUT2D eigenvalue weighted by atomic mass is 16.5. The molecule has 0 saturated carbocycles. The predicted molar refractivity (Wildman–Crippen MR) is 148 cm³/mol. The van der Waals surface area contributed by atoms with Crippen LogP contribution in [0.5, 0.6) is 0 Å². The molecule has 1 aromatic carbocycles. The van der Waals surface area contributed by atoms with Crippen molar-refractivity contribution in [1.82, 2.24) is 9.88 Å². The number of amides is 3. The third-order valence-corrected chi connectivity index (χ3v) is 8.02. The number of urea groups is 1. The first-order valence-corrected chi connectivity index (χ1v) is 13.5. The van der Waals surface area contributed by atoms with E-state index in [4.69, 9.17) is 9.47 Å². The van der Waals surface area contributed by atoms with Gasteiger partial charge in [-0.15, -0.1) is 0 Å². The quantitative estimate of drug-likeness (QED) is 0.522. The number of carbonyl (C=O) groups is 2. The van der Waals surface area contributed by atoms with Gasteiger partial charge in [0.15, 0.2) is 0 Å². The van der Waals surface area contributed by atoms with Gasteiger partial charge >= 0.3 is 6.03 Å². The second-order valence-corrected chi connectivity index (χ2v) is 11.6. The van der Waals surface area contributed by atoms with E-state index in [9.17, 15) is 9.59 Å². The van der Waals surface area contributed by atoms with Crippen molar-refractivity contribution in [2.24, 2.45) is 0 Å². The molecule has 2 saturated heterocycles. The maximum absolute atomic E-state index is 13.8. The number of hydrogen-bond acceptors (Lipinski definition) is 7. The Labute approximate surface area is 225 Å². The molecule has 9 nitrogen and oxygen atoms in total. The molecule has 0 aliphatic carbocycles. The molecule has 4 heterocycles. The second kappa shape index (κ2) is 10.2. The van der Waals surface area contributed by atoms with Crippen molar-refractivity contribution in [3.63, 3.8) is 0 Å². The molecule has 3 aliphatic rings. The molecule has 0 spiro atoms. The number of pyridine rings is 1. The molecule has 9 heteroatoms. The van der Waals surface area contributed by atoms with Crippen LogP contribution in [0.2, 0.25) is 0 Å². The molecule has 204 valence electrons. The van der Waals surface area contributed by atoms with Gasteiger partial charge in [-0.2, -0.15) is 0 Å². The van der Waals surface area contributed by atoms with Gasteiger partial charge in [-0.3, -0.25) is 4.79 Å². The summed E-state index contributed by atoms with van der Waals surface area (Å²) in [4.78, 5) is 37.2. The Balaban J connectivity index is 1.38. The van der Waals surface area contributed by atoms with Gasteiger partial charge in [0.1, 0.15) is 11.4 Å². The first kappa shape index (κ1) is 26.4. The van der Waals surface area contributed by atoms with Crippen molar-refractivity contribution in [1.29, 1.82) is 0 Å². The average molecular weight is 522 g/mol. The van der Waals surface area contributed by atoms with Gasteiger partial charge in [0, 0.05) is 63.3 Å². The predicted octanol–water partition coefficient (Wildman–Crippen LogP) is 4.16. The van der Waals surface area contributed by atoms with Crippen LogP contribution < -0.4 is 15.1 Å². The third kappa shape index (κ3) is 4.85. The first-order chi connectivity index (χ1) is 18.1. The van der Waals surface area contributed by atoms with Gasteiger partial charge in [0.25, 0.3) is 5.91 Å². The number of nitrogens with zero attached hydrogens (tertiary/aromatic N) is 4. The monoisotopic (exact) mass is 521 g/mol. The zero-order valence-corrected chi connectivity index (χ0v) is 23.1. The Morgan fingerprint density at radius 2 is 1.87 bits per heavy atom. The smallest absolute Gasteiger partial charge is 0.332 e. The lowest BCUT2D eigenvalue weighted by molar-refractivity contribution is -0.123. The van der Waals surface area contributed by atoms with Crippen molar-refractivity contribution < 1.29 is 19.1 Å². The number of nitrogens with one attached hydrogen (secondary N) is 1. The second-order valence-electron chi connectivity index (χ2n) is 11.6. The molecular weight excluding hydrogens is 482 g/mol. The summed E-state index contributed by atoms with van der Waals surface area (Å²) in [5.41, 5.74) is 2.79. The highest BCUT2D eigenvalue weighted by molar-refractivity contribution is 6.23. The summed E-state index contributed by atoms with van der Waals surface area (Å²) in [6.07, 6.45) is 3.63. The van der Waals surface area contributed by atoms with E-state index in [1.807, 2.05) is 38.1 Å². The summed E-state index contributed by atoms with van der Waals surface area (Å²) >= 11 is 0. The van der Waals surface area contributed by atoms with Gasteiger partial charge in [0.2, 0.25) is 0 Å². The molecule has 3 aliphatic heterocycles. The van der Waals surface area contributed by atoms with Crippen LogP contribution in [0.15, 0.2) is 36.5 Å². The van der Waals surface area contributed by atoms with Crippen LogP contribution in [0, 0.1) is 0 Å². The minimum Gasteiger partial charge on any atom is -0.383 e. The minimum atomic E-state index is -0.983. The number of benzene rings is 1. The van der Waals surface area contributed by atoms with Crippen LogP contribution >= 0.6 is 0 Å². The summed E-state index contributed by atoms with van der Waals surface area (Å²) in [6.45, 7) is 12.1. The van der Waals surface area contributed by atoms with Crippen molar-refractivity contribution in [2.45, 2.75) is 64.1 Å². The number of imide groups is 1. The Morgan fingerprint density at radius 1 is 1.11 bits per heavy atom. The Bertz CT molecular complexity index is 1210. The maximum Gasteiger partial charge on any atom is 0.332 e. The van der Waals surface area contributed by atoms with E-state index < -0.39 is 5.54 Å². The lowest BCUT2D eigenvalue weighted by Crippen LogP contribution is -2.43. The molecule has 0 unspecified atom stereocenters. The maximum atomic E-state index is 13.8. The molecule has 2 fully saturated rings. The Kier molecular flexibility index (Phi) is 7.09. The van der Waals surface area contributed by atoms with Gasteiger partial charge in [-0.05, 0) is 62.1 Å². The van der Waals surface area contributed by atoms with E-state index in [0.717, 1.165) is 56.2 Å².